The van der Waals surface area contributed by atoms with Gasteiger partial charge in [-0.3, -0.25) is 4.79 Å². The van der Waals surface area contributed by atoms with Crippen molar-refractivity contribution < 1.29 is 9.53 Å². The predicted octanol–water partition coefficient (Wildman–Crippen LogP) is 0.506. The molecule has 2 rings (SSSR count). The van der Waals surface area contributed by atoms with E-state index in [0.29, 0.717) is 13.0 Å². The number of methoxy groups -OCH3 is 1. The lowest BCUT2D eigenvalue weighted by Crippen LogP contribution is -2.33. The van der Waals surface area contributed by atoms with E-state index in [0.717, 1.165) is 37.4 Å². The zero-order valence-corrected chi connectivity index (χ0v) is 12.4. The van der Waals surface area contributed by atoms with Gasteiger partial charge in [-0.25, -0.2) is 9.97 Å². The number of fused-ring (bicyclic) bond motifs is 1. The fraction of sp³-hybridized carbons (Fsp3) is 0.643. The van der Waals surface area contributed by atoms with E-state index in [1.165, 1.54) is 5.56 Å². The highest BCUT2D eigenvalue weighted by atomic mass is 16.5. The van der Waals surface area contributed by atoms with Gasteiger partial charge in [0.25, 0.3) is 0 Å². The molecular formula is C14H22N4O2. The Morgan fingerprint density at radius 2 is 2.10 bits per heavy atom. The van der Waals surface area contributed by atoms with Crippen LogP contribution < -0.4 is 4.90 Å². The van der Waals surface area contributed by atoms with Crippen LogP contribution in [-0.4, -0.2) is 61.7 Å². The maximum Gasteiger partial charge on any atom is 0.224 e. The molecule has 1 aromatic rings. The normalized spacial score (nSPS) is 14.7. The maximum absolute atomic E-state index is 12.1. The van der Waals surface area contributed by atoms with Crippen molar-refractivity contribution in [3.05, 3.63) is 17.6 Å². The van der Waals surface area contributed by atoms with Gasteiger partial charge < -0.3 is 14.5 Å². The Labute approximate surface area is 119 Å². The summed E-state index contributed by atoms with van der Waals surface area (Å²) < 4.78 is 4.97. The van der Waals surface area contributed by atoms with Crippen LogP contribution in [0.2, 0.25) is 0 Å². The summed E-state index contributed by atoms with van der Waals surface area (Å²) in [6.07, 6.45) is 3.65. The Hall–Kier alpha value is -1.69. The number of nitrogens with zero attached hydrogens (tertiary/aromatic N) is 4. The number of amides is 1. The molecule has 1 aliphatic heterocycles. The van der Waals surface area contributed by atoms with Crippen LogP contribution in [0.3, 0.4) is 0 Å². The van der Waals surface area contributed by atoms with Gasteiger partial charge in [0.1, 0.15) is 12.1 Å². The first-order chi connectivity index (χ1) is 9.63. The lowest BCUT2D eigenvalue weighted by Gasteiger charge is -2.20. The van der Waals surface area contributed by atoms with E-state index in [4.69, 9.17) is 4.74 Å². The molecule has 1 amide bonds. The number of rotatable bonds is 4. The largest absolute Gasteiger partial charge is 0.384 e. The second-order valence-corrected chi connectivity index (χ2v) is 5.14. The van der Waals surface area contributed by atoms with Crippen LogP contribution in [0.1, 0.15) is 17.7 Å². The van der Waals surface area contributed by atoms with Gasteiger partial charge in [0.15, 0.2) is 0 Å². The van der Waals surface area contributed by atoms with Gasteiger partial charge in [-0.2, -0.15) is 0 Å². The van der Waals surface area contributed by atoms with Crippen LogP contribution in [0.25, 0.3) is 0 Å². The summed E-state index contributed by atoms with van der Waals surface area (Å²) in [5, 5.41) is 0. The topological polar surface area (TPSA) is 58.6 Å². The van der Waals surface area contributed by atoms with E-state index < -0.39 is 0 Å². The molecule has 0 aromatic carbocycles. The van der Waals surface area contributed by atoms with Gasteiger partial charge >= 0.3 is 0 Å². The first kappa shape index (κ1) is 14.7. The molecule has 110 valence electrons. The molecule has 0 spiro atoms. The lowest BCUT2D eigenvalue weighted by atomic mass is 10.1. The summed E-state index contributed by atoms with van der Waals surface area (Å²) >= 11 is 0. The average molecular weight is 278 g/mol. The van der Waals surface area contributed by atoms with Crippen LogP contribution in [0.4, 0.5) is 5.82 Å². The smallest absolute Gasteiger partial charge is 0.224 e. The molecule has 20 heavy (non-hydrogen) atoms. The molecule has 0 atom stereocenters. The molecule has 2 heterocycles. The van der Waals surface area contributed by atoms with Crippen LogP contribution in [0, 0.1) is 0 Å². The molecule has 0 fully saturated rings. The summed E-state index contributed by atoms with van der Waals surface area (Å²) in [7, 11) is 5.58. The van der Waals surface area contributed by atoms with Crippen molar-refractivity contribution in [1.29, 1.82) is 0 Å². The van der Waals surface area contributed by atoms with Crippen molar-refractivity contribution in [2.75, 3.05) is 45.8 Å². The first-order valence-corrected chi connectivity index (χ1v) is 6.90. The molecule has 0 N–H and O–H groups in total. The Morgan fingerprint density at radius 1 is 1.35 bits per heavy atom. The number of ether oxygens (including phenoxy) is 1. The maximum atomic E-state index is 12.1. The van der Waals surface area contributed by atoms with E-state index in [1.54, 1.807) is 13.4 Å². The molecule has 1 aromatic heterocycles. The summed E-state index contributed by atoms with van der Waals surface area (Å²) in [5.41, 5.74) is 2.23. The highest BCUT2D eigenvalue weighted by Gasteiger charge is 2.21. The fourth-order valence-corrected chi connectivity index (χ4v) is 2.49. The highest BCUT2D eigenvalue weighted by molar-refractivity contribution is 5.76. The second-order valence-electron chi connectivity index (χ2n) is 5.14. The molecule has 0 radical (unpaired) electrons. The SMILES string of the molecule is COCCC(=O)N1CCc2ncnc(N(C)C)c2CC1. The summed E-state index contributed by atoms with van der Waals surface area (Å²) in [5.74, 6) is 1.11. The number of hydrogen-bond acceptors (Lipinski definition) is 5. The van der Waals surface area contributed by atoms with Gasteiger partial charge in [0.2, 0.25) is 5.91 Å². The minimum absolute atomic E-state index is 0.152. The van der Waals surface area contributed by atoms with Gasteiger partial charge in [-0.1, -0.05) is 0 Å². The van der Waals surface area contributed by atoms with Crippen molar-refractivity contribution in [3.8, 4) is 0 Å². The minimum Gasteiger partial charge on any atom is -0.384 e. The monoisotopic (exact) mass is 278 g/mol. The van der Waals surface area contributed by atoms with Crippen molar-refractivity contribution >= 4 is 11.7 Å². The Bertz CT molecular complexity index is 476. The van der Waals surface area contributed by atoms with Crippen LogP contribution in [-0.2, 0) is 22.4 Å². The third-order valence-corrected chi connectivity index (χ3v) is 3.56. The van der Waals surface area contributed by atoms with E-state index in [2.05, 4.69) is 9.97 Å². The minimum atomic E-state index is 0.152. The van der Waals surface area contributed by atoms with Gasteiger partial charge in [0.05, 0.1) is 18.7 Å². The van der Waals surface area contributed by atoms with E-state index in [-0.39, 0.29) is 5.91 Å². The van der Waals surface area contributed by atoms with Crippen molar-refractivity contribution in [2.45, 2.75) is 19.3 Å². The Balaban J connectivity index is 2.11. The number of hydrogen-bond donors (Lipinski definition) is 0. The van der Waals surface area contributed by atoms with Crippen LogP contribution >= 0.6 is 0 Å². The second kappa shape index (κ2) is 6.65. The molecule has 0 aliphatic carbocycles. The molecular weight excluding hydrogens is 256 g/mol. The van der Waals surface area contributed by atoms with Crippen LogP contribution in [0.15, 0.2) is 6.33 Å². The molecule has 6 nitrogen and oxygen atoms in total. The molecule has 0 saturated carbocycles. The summed E-state index contributed by atoms with van der Waals surface area (Å²) in [4.78, 5) is 24.7. The zero-order valence-electron chi connectivity index (χ0n) is 12.4. The number of carbonyl (C=O) groups is 1. The number of aromatic nitrogens is 2. The van der Waals surface area contributed by atoms with Gasteiger partial charge in [-0.05, 0) is 6.42 Å². The predicted molar refractivity (Wildman–Crippen MR) is 76.8 cm³/mol. The van der Waals surface area contributed by atoms with Crippen molar-refractivity contribution in [3.63, 3.8) is 0 Å². The highest BCUT2D eigenvalue weighted by Crippen LogP contribution is 2.22. The fourth-order valence-electron chi connectivity index (χ4n) is 2.49. The zero-order chi connectivity index (χ0) is 14.5. The first-order valence-electron chi connectivity index (χ1n) is 6.90. The molecule has 0 bridgehead atoms. The number of anilines is 1. The summed E-state index contributed by atoms with van der Waals surface area (Å²) in [6.45, 7) is 1.92. The van der Waals surface area contributed by atoms with Crippen molar-refractivity contribution in [2.24, 2.45) is 0 Å². The van der Waals surface area contributed by atoms with Crippen LogP contribution in [0.5, 0.6) is 0 Å². The summed E-state index contributed by atoms with van der Waals surface area (Å²) in [6, 6.07) is 0. The van der Waals surface area contributed by atoms with Gasteiger partial charge in [0, 0.05) is 46.3 Å². The van der Waals surface area contributed by atoms with E-state index >= 15 is 0 Å². The van der Waals surface area contributed by atoms with Gasteiger partial charge in [-0.15, -0.1) is 0 Å². The lowest BCUT2D eigenvalue weighted by molar-refractivity contribution is -0.132. The molecule has 6 heteroatoms. The van der Waals surface area contributed by atoms with Crippen molar-refractivity contribution in [1.82, 2.24) is 14.9 Å². The molecule has 1 aliphatic rings. The third kappa shape index (κ3) is 3.25. The van der Waals surface area contributed by atoms with E-state index in [1.807, 2.05) is 23.9 Å². The standard InChI is InChI=1S/C14H22N4O2/c1-17(2)14-11-4-7-18(13(19)6-9-20-3)8-5-12(11)15-10-16-14/h10H,4-9H2,1-3H3. The molecule has 0 unspecified atom stereocenters. The third-order valence-electron chi connectivity index (χ3n) is 3.56. The molecule has 0 saturated heterocycles. The Morgan fingerprint density at radius 3 is 2.80 bits per heavy atom. The van der Waals surface area contributed by atoms with E-state index in [9.17, 15) is 4.79 Å². The average Bonchev–Trinajstić information content (AvgIpc) is 2.66. The number of carbonyl (C=O) groups excluding carboxylic acids is 1. The quantitative estimate of drug-likeness (QED) is 0.803. The Kier molecular flexibility index (Phi) is 4.89.